The van der Waals surface area contributed by atoms with Gasteiger partial charge >= 0.3 is 0 Å². The molecule has 1 amide bonds. The van der Waals surface area contributed by atoms with Gasteiger partial charge in [-0.2, -0.15) is 0 Å². The van der Waals surface area contributed by atoms with Gasteiger partial charge in [-0.15, -0.1) is 12.4 Å². The van der Waals surface area contributed by atoms with Gasteiger partial charge in [-0.05, 0) is 30.4 Å². The molecule has 0 bridgehead atoms. The maximum absolute atomic E-state index is 12.8. The molecule has 1 atom stereocenters. The number of pyridine rings is 1. The molecule has 0 spiro atoms. The number of amides is 1. The first kappa shape index (κ1) is 18.2. The number of hydrogen-bond acceptors (Lipinski definition) is 3. The predicted octanol–water partition coefficient (Wildman–Crippen LogP) is 3.34. The van der Waals surface area contributed by atoms with Crippen LogP contribution in [0, 0.1) is 5.92 Å². The minimum atomic E-state index is 0. The van der Waals surface area contributed by atoms with E-state index in [9.17, 15) is 4.79 Å². The molecule has 1 saturated carbocycles. The van der Waals surface area contributed by atoms with Crippen LogP contribution < -0.4 is 5.32 Å². The molecule has 2 aliphatic rings. The third-order valence-electron chi connectivity index (χ3n) is 5.07. The molecule has 2 heterocycles. The fraction of sp³-hybridized carbons (Fsp3) is 0.667. The quantitative estimate of drug-likeness (QED) is 0.860. The van der Waals surface area contributed by atoms with Crippen molar-refractivity contribution >= 4 is 18.3 Å². The number of aromatic nitrogens is 1. The minimum absolute atomic E-state index is 0. The van der Waals surface area contributed by atoms with E-state index in [1.807, 2.05) is 12.3 Å². The lowest BCUT2D eigenvalue weighted by molar-refractivity contribution is -0.135. The van der Waals surface area contributed by atoms with Crippen LogP contribution in [-0.2, 0) is 4.79 Å². The second-order valence-electron chi connectivity index (χ2n) is 6.66. The summed E-state index contributed by atoms with van der Waals surface area (Å²) in [6, 6.07) is 4.18. The first-order chi connectivity index (χ1) is 10.8. The number of halogens is 1. The maximum Gasteiger partial charge on any atom is 0.223 e. The molecule has 5 heteroatoms. The molecule has 4 nitrogen and oxygen atoms in total. The molecule has 2 fully saturated rings. The number of hydrogen-bond donors (Lipinski definition) is 1. The van der Waals surface area contributed by atoms with Gasteiger partial charge in [0.15, 0.2) is 0 Å². The lowest BCUT2D eigenvalue weighted by Crippen LogP contribution is -2.49. The van der Waals surface area contributed by atoms with Crippen molar-refractivity contribution < 1.29 is 4.79 Å². The van der Waals surface area contributed by atoms with Crippen molar-refractivity contribution in [3.8, 4) is 0 Å². The molecule has 1 aromatic heterocycles. The highest BCUT2D eigenvalue weighted by atomic mass is 35.5. The van der Waals surface area contributed by atoms with E-state index >= 15 is 0 Å². The molecule has 1 saturated heterocycles. The van der Waals surface area contributed by atoms with Gasteiger partial charge in [-0.1, -0.05) is 31.7 Å². The van der Waals surface area contributed by atoms with E-state index in [4.69, 9.17) is 0 Å². The maximum atomic E-state index is 12.8. The van der Waals surface area contributed by atoms with Gasteiger partial charge < -0.3 is 10.2 Å². The molecule has 1 aromatic rings. The lowest BCUT2D eigenvalue weighted by Gasteiger charge is -2.37. The van der Waals surface area contributed by atoms with Crippen LogP contribution in [0.2, 0.25) is 0 Å². The summed E-state index contributed by atoms with van der Waals surface area (Å²) in [5.74, 6) is 0.932. The molecule has 3 rings (SSSR count). The predicted molar refractivity (Wildman–Crippen MR) is 94.6 cm³/mol. The van der Waals surface area contributed by atoms with E-state index in [0.717, 1.165) is 31.6 Å². The fourth-order valence-corrected chi connectivity index (χ4v) is 3.81. The van der Waals surface area contributed by atoms with Crippen molar-refractivity contribution in [1.82, 2.24) is 15.2 Å². The van der Waals surface area contributed by atoms with Crippen molar-refractivity contribution in [2.45, 2.75) is 51.0 Å². The third kappa shape index (κ3) is 4.92. The molecule has 23 heavy (non-hydrogen) atoms. The first-order valence-electron chi connectivity index (χ1n) is 8.74. The van der Waals surface area contributed by atoms with Gasteiger partial charge in [0.05, 0.1) is 6.04 Å². The smallest absolute Gasteiger partial charge is 0.223 e. The Kier molecular flexibility index (Phi) is 7.31. The Morgan fingerprint density at radius 1 is 1.26 bits per heavy atom. The Balaban J connectivity index is 0.00000192. The highest BCUT2D eigenvalue weighted by molar-refractivity contribution is 5.85. The lowest BCUT2D eigenvalue weighted by atomic mass is 9.95. The molecule has 0 radical (unpaired) electrons. The van der Waals surface area contributed by atoms with E-state index in [0.29, 0.717) is 11.8 Å². The Hall–Kier alpha value is -1.13. The topological polar surface area (TPSA) is 45.2 Å². The average Bonchev–Trinajstić information content (AvgIpc) is 2.84. The summed E-state index contributed by atoms with van der Waals surface area (Å²) < 4.78 is 0. The van der Waals surface area contributed by atoms with Crippen LogP contribution >= 0.6 is 12.4 Å². The minimum Gasteiger partial charge on any atom is -0.333 e. The van der Waals surface area contributed by atoms with Crippen LogP contribution in [0.3, 0.4) is 0 Å². The monoisotopic (exact) mass is 337 g/mol. The zero-order valence-corrected chi connectivity index (χ0v) is 14.6. The number of rotatable bonds is 3. The zero-order valence-electron chi connectivity index (χ0n) is 13.7. The highest BCUT2D eigenvalue weighted by Crippen LogP contribution is 2.28. The third-order valence-corrected chi connectivity index (χ3v) is 5.07. The van der Waals surface area contributed by atoms with Crippen molar-refractivity contribution in [1.29, 1.82) is 0 Å². The van der Waals surface area contributed by atoms with Crippen LogP contribution in [0.1, 0.15) is 56.6 Å². The van der Waals surface area contributed by atoms with Gasteiger partial charge in [-0.25, -0.2) is 0 Å². The molecule has 1 aliphatic carbocycles. The summed E-state index contributed by atoms with van der Waals surface area (Å²) in [6.45, 7) is 2.54. The second kappa shape index (κ2) is 9.24. The standard InChI is InChI=1S/C18H27N3O.ClH/c22-18(12-15-6-3-1-2-4-7-15)21-11-10-20-14-17(21)16-8-5-9-19-13-16;/h5,8-9,13,15,17,20H,1-4,6-7,10-12,14H2;1H. The van der Waals surface area contributed by atoms with E-state index in [-0.39, 0.29) is 18.4 Å². The Labute approximate surface area is 145 Å². The molecular weight excluding hydrogens is 310 g/mol. The molecule has 1 N–H and O–H groups in total. The molecular formula is C18H28ClN3O. The molecule has 0 aromatic carbocycles. The Morgan fingerprint density at radius 3 is 2.74 bits per heavy atom. The summed E-state index contributed by atoms with van der Waals surface area (Å²) in [4.78, 5) is 19.1. The van der Waals surface area contributed by atoms with E-state index in [2.05, 4.69) is 21.3 Å². The number of carbonyl (C=O) groups is 1. The largest absolute Gasteiger partial charge is 0.333 e. The van der Waals surface area contributed by atoms with Gasteiger partial charge in [0, 0.05) is 38.4 Å². The summed E-state index contributed by atoms with van der Waals surface area (Å²) in [7, 11) is 0. The molecule has 1 unspecified atom stereocenters. The van der Waals surface area contributed by atoms with Crippen LogP contribution in [0.15, 0.2) is 24.5 Å². The normalized spacial score (nSPS) is 23.0. The summed E-state index contributed by atoms with van der Waals surface area (Å²) in [6.07, 6.45) is 12.2. The number of piperazine rings is 1. The summed E-state index contributed by atoms with van der Waals surface area (Å²) in [5.41, 5.74) is 1.14. The van der Waals surface area contributed by atoms with E-state index < -0.39 is 0 Å². The Bertz CT molecular complexity index is 474. The van der Waals surface area contributed by atoms with Crippen LogP contribution in [0.4, 0.5) is 0 Å². The van der Waals surface area contributed by atoms with Crippen molar-refractivity contribution in [2.24, 2.45) is 5.92 Å². The number of nitrogens with zero attached hydrogens (tertiary/aromatic N) is 2. The second-order valence-corrected chi connectivity index (χ2v) is 6.66. The van der Waals surface area contributed by atoms with Gasteiger partial charge in [0.2, 0.25) is 5.91 Å². The summed E-state index contributed by atoms with van der Waals surface area (Å²) >= 11 is 0. The SMILES string of the molecule is Cl.O=C(CC1CCCCCC1)N1CCNCC1c1cccnc1. The van der Waals surface area contributed by atoms with E-state index in [1.165, 1.54) is 38.5 Å². The van der Waals surface area contributed by atoms with Gasteiger partial charge in [-0.3, -0.25) is 9.78 Å². The number of nitrogens with one attached hydrogen (secondary N) is 1. The first-order valence-corrected chi connectivity index (χ1v) is 8.74. The van der Waals surface area contributed by atoms with Crippen LogP contribution in [-0.4, -0.2) is 35.4 Å². The number of carbonyl (C=O) groups excluding carboxylic acids is 1. The fourth-order valence-electron chi connectivity index (χ4n) is 3.81. The molecule has 128 valence electrons. The van der Waals surface area contributed by atoms with Gasteiger partial charge in [0.25, 0.3) is 0 Å². The van der Waals surface area contributed by atoms with Crippen molar-refractivity contribution in [2.75, 3.05) is 19.6 Å². The van der Waals surface area contributed by atoms with Crippen molar-refractivity contribution in [3.05, 3.63) is 30.1 Å². The zero-order chi connectivity index (χ0) is 15.2. The van der Waals surface area contributed by atoms with Crippen LogP contribution in [0.25, 0.3) is 0 Å². The van der Waals surface area contributed by atoms with Crippen LogP contribution in [0.5, 0.6) is 0 Å². The average molecular weight is 338 g/mol. The molecule has 1 aliphatic heterocycles. The Morgan fingerprint density at radius 2 is 2.04 bits per heavy atom. The summed E-state index contributed by atoms with van der Waals surface area (Å²) in [5, 5.41) is 3.41. The van der Waals surface area contributed by atoms with Gasteiger partial charge in [0.1, 0.15) is 0 Å². The highest BCUT2D eigenvalue weighted by Gasteiger charge is 2.29. The van der Waals surface area contributed by atoms with E-state index in [1.54, 1.807) is 6.20 Å². The van der Waals surface area contributed by atoms with Crippen molar-refractivity contribution in [3.63, 3.8) is 0 Å².